The summed E-state index contributed by atoms with van der Waals surface area (Å²) in [7, 11) is 1.45. The van der Waals surface area contributed by atoms with Crippen LogP contribution in [0.4, 0.5) is 18.9 Å². The first-order valence-electron chi connectivity index (χ1n) is 9.72. The number of hydrogen-bond acceptors (Lipinski definition) is 4. The van der Waals surface area contributed by atoms with E-state index in [0.29, 0.717) is 27.3 Å². The zero-order chi connectivity index (χ0) is 22.3. The molecule has 0 aliphatic heterocycles. The lowest BCUT2D eigenvalue weighted by Crippen LogP contribution is -2.31. The van der Waals surface area contributed by atoms with Crippen LogP contribution in [0.5, 0.6) is 5.75 Å². The highest BCUT2D eigenvalue weighted by molar-refractivity contribution is 14.1. The van der Waals surface area contributed by atoms with Crippen molar-refractivity contribution in [2.75, 3.05) is 12.4 Å². The SMILES string of the molecule is COc1cc2nn([C@H]3C[C@H](C(C)I)C3)cc2cc1NC(=O)c1cccc(C(F)(F)F)n1. The fourth-order valence-corrected chi connectivity index (χ4v) is 4.24. The molecule has 6 nitrogen and oxygen atoms in total. The van der Waals surface area contributed by atoms with Gasteiger partial charge >= 0.3 is 6.18 Å². The quantitative estimate of drug-likeness (QED) is 0.341. The number of hydrogen-bond donors (Lipinski definition) is 1. The summed E-state index contributed by atoms with van der Waals surface area (Å²) in [6.45, 7) is 2.21. The predicted octanol–water partition coefficient (Wildman–Crippen LogP) is 5.49. The Morgan fingerprint density at radius 2 is 2.06 bits per heavy atom. The fourth-order valence-electron chi connectivity index (χ4n) is 3.65. The molecule has 1 aromatic carbocycles. The maximum absolute atomic E-state index is 12.9. The molecule has 10 heteroatoms. The van der Waals surface area contributed by atoms with E-state index in [4.69, 9.17) is 4.74 Å². The van der Waals surface area contributed by atoms with Crippen LogP contribution in [0.1, 0.15) is 42.0 Å². The minimum atomic E-state index is -4.63. The Morgan fingerprint density at radius 1 is 1.32 bits per heavy atom. The molecule has 4 rings (SSSR count). The van der Waals surface area contributed by atoms with Crippen LogP contribution in [0.2, 0.25) is 0 Å². The van der Waals surface area contributed by atoms with Crippen LogP contribution in [0.3, 0.4) is 0 Å². The summed E-state index contributed by atoms with van der Waals surface area (Å²) >= 11 is 2.45. The van der Waals surface area contributed by atoms with Crippen LogP contribution in [-0.4, -0.2) is 31.7 Å². The van der Waals surface area contributed by atoms with Crippen molar-refractivity contribution < 1.29 is 22.7 Å². The highest BCUT2D eigenvalue weighted by Crippen LogP contribution is 2.42. The van der Waals surface area contributed by atoms with E-state index < -0.39 is 17.8 Å². The second-order valence-corrected chi connectivity index (χ2v) is 9.61. The Morgan fingerprint density at radius 3 is 2.71 bits per heavy atom. The number of nitrogens with zero attached hydrogens (tertiary/aromatic N) is 3. The molecular weight excluding hydrogens is 524 g/mol. The Balaban J connectivity index is 1.58. The van der Waals surface area contributed by atoms with Crippen LogP contribution in [-0.2, 0) is 6.18 Å². The summed E-state index contributed by atoms with van der Waals surface area (Å²) in [6.07, 6.45) is -0.567. The van der Waals surface area contributed by atoms with Crippen molar-refractivity contribution in [2.45, 2.75) is 35.9 Å². The van der Waals surface area contributed by atoms with Gasteiger partial charge in [0.1, 0.15) is 17.1 Å². The standard InChI is InChI=1S/C21H20F3IN4O2/c1-11(25)12-6-14(7-12)29-10-13-8-17(18(31-2)9-16(13)28-29)27-20(30)15-4-3-5-19(26-15)21(22,23)24/h3-5,8-12,14H,6-7H2,1-2H3,(H,27,30)/t11?,12-,14-. The molecular formula is C21H20F3IN4O2. The van der Waals surface area contributed by atoms with Crippen molar-refractivity contribution in [1.29, 1.82) is 0 Å². The summed E-state index contributed by atoms with van der Waals surface area (Å²) in [5, 5.41) is 8.05. The van der Waals surface area contributed by atoms with Gasteiger partial charge in [0.25, 0.3) is 5.91 Å². The van der Waals surface area contributed by atoms with Crippen LogP contribution >= 0.6 is 22.6 Å². The molecule has 1 unspecified atom stereocenters. The number of rotatable bonds is 5. The second kappa shape index (κ2) is 8.29. The van der Waals surface area contributed by atoms with E-state index in [1.807, 2.05) is 10.9 Å². The van der Waals surface area contributed by atoms with E-state index in [2.05, 4.69) is 44.9 Å². The molecule has 2 heterocycles. The molecule has 1 saturated carbocycles. The summed E-state index contributed by atoms with van der Waals surface area (Å²) in [5.41, 5.74) is -0.395. The number of carbonyl (C=O) groups excluding carboxylic acids is 1. The number of halogens is 4. The summed E-state index contributed by atoms with van der Waals surface area (Å²) in [5.74, 6) is 0.293. The van der Waals surface area contributed by atoms with Crippen LogP contribution in [0.15, 0.2) is 36.5 Å². The lowest BCUT2D eigenvalue weighted by molar-refractivity contribution is -0.141. The van der Waals surface area contributed by atoms with Crippen molar-refractivity contribution in [3.05, 3.63) is 47.9 Å². The molecule has 31 heavy (non-hydrogen) atoms. The van der Waals surface area contributed by atoms with Crippen molar-refractivity contribution in [3.8, 4) is 5.75 Å². The van der Waals surface area contributed by atoms with Gasteiger partial charge in [-0.1, -0.05) is 35.6 Å². The van der Waals surface area contributed by atoms with Gasteiger partial charge in [-0.2, -0.15) is 18.3 Å². The van der Waals surface area contributed by atoms with Crippen LogP contribution in [0, 0.1) is 5.92 Å². The molecule has 3 aromatic rings. The molecule has 164 valence electrons. The first kappa shape index (κ1) is 21.8. The van der Waals surface area contributed by atoms with Gasteiger partial charge in [-0.25, -0.2) is 4.98 Å². The number of carbonyl (C=O) groups is 1. The maximum Gasteiger partial charge on any atom is 0.433 e. The average molecular weight is 544 g/mol. The van der Waals surface area contributed by atoms with Crippen molar-refractivity contribution in [3.63, 3.8) is 0 Å². The molecule has 0 bridgehead atoms. The van der Waals surface area contributed by atoms with Gasteiger partial charge in [0, 0.05) is 21.6 Å². The fraction of sp³-hybridized carbons (Fsp3) is 0.381. The van der Waals surface area contributed by atoms with Gasteiger partial charge in [0.05, 0.1) is 24.4 Å². The van der Waals surface area contributed by atoms with Gasteiger partial charge in [-0.3, -0.25) is 9.48 Å². The van der Waals surface area contributed by atoms with Gasteiger partial charge in [-0.05, 0) is 37.0 Å². The van der Waals surface area contributed by atoms with Crippen LogP contribution < -0.4 is 10.1 Å². The van der Waals surface area contributed by atoms with Crippen molar-refractivity contribution in [1.82, 2.24) is 14.8 Å². The normalized spacial score (nSPS) is 19.7. The number of amides is 1. The third kappa shape index (κ3) is 4.48. The molecule has 0 spiro atoms. The minimum Gasteiger partial charge on any atom is -0.494 e. The minimum absolute atomic E-state index is 0.332. The highest BCUT2D eigenvalue weighted by Gasteiger charge is 2.34. The highest BCUT2D eigenvalue weighted by atomic mass is 127. The molecule has 0 radical (unpaired) electrons. The number of alkyl halides is 4. The number of ether oxygens (including phenoxy) is 1. The number of methoxy groups -OCH3 is 1. The van der Waals surface area contributed by atoms with Crippen molar-refractivity contribution >= 4 is 45.1 Å². The van der Waals surface area contributed by atoms with E-state index in [0.717, 1.165) is 35.9 Å². The van der Waals surface area contributed by atoms with E-state index >= 15 is 0 Å². The second-order valence-electron chi connectivity index (χ2n) is 7.64. The number of aromatic nitrogens is 3. The Bertz CT molecular complexity index is 1120. The molecule has 1 N–H and O–H groups in total. The van der Waals surface area contributed by atoms with Gasteiger partial charge in [0.15, 0.2) is 0 Å². The van der Waals surface area contributed by atoms with Crippen LogP contribution in [0.25, 0.3) is 10.9 Å². The van der Waals surface area contributed by atoms with E-state index in [-0.39, 0.29) is 5.69 Å². The summed E-state index contributed by atoms with van der Waals surface area (Å²) in [6, 6.07) is 6.96. The van der Waals surface area contributed by atoms with E-state index in [9.17, 15) is 18.0 Å². The van der Waals surface area contributed by atoms with E-state index in [1.54, 1.807) is 12.1 Å². The molecule has 1 amide bonds. The molecule has 1 aliphatic carbocycles. The summed E-state index contributed by atoms with van der Waals surface area (Å²) < 4.78 is 46.6. The smallest absolute Gasteiger partial charge is 0.433 e. The number of fused-ring (bicyclic) bond motifs is 1. The third-order valence-electron chi connectivity index (χ3n) is 5.54. The first-order valence-corrected chi connectivity index (χ1v) is 11.0. The van der Waals surface area contributed by atoms with E-state index in [1.165, 1.54) is 13.2 Å². The maximum atomic E-state index is 12.9. The molecule has 1 fully saturated rings. The number of nitrogens with one attached hydrogen (secondary N) is 1. The van der Waals surface area contributed by atoms with Gasteiger partial charge in [-0.15, -0.1) is 0 Å². The lowest BCUT2D eigenvalue weighted by Gasteiger charge is -2.37. The Labute approximate surface area is 190 Å². The largest absolute Gasteiger partial charge is 0.494 e. The Kier molecular flexibility index (Phi) is 5.84. The molecule has 1 aliphatic rings. The molecule has 0 saturated heterocycles. The van der Waals surface area contributed by atoms with Crippen molar-refractivity contribution in [2.24, 2.45) is 5.92 Å². The number of anilines is 1. The summed E-state index contributed by atoms with van der Waals surface area (Å²) in [4.78, 5) is 16.0. The first-order chi connectivity index (χ1) is 14.7. The average Bonchev–Trinajstić information content (AvgIpc) is 3.07. The number of benzene rings is 1. The monoisotopic (exact) mass is 544 g/mol. The van der Waals surface area contributed by atoms with Gasteiger partial charge in [0.2, 0.25) is 0 Å². The Hall–Kier alpha value is -2.37. The lowest BCUT2D eigenvalue weighted by atomic mass is 9.79. The molecule has 1 atom stereocenters. The zero-order valence-corrected chi connectivity index (χ0v) is 18.9. The number of pyridine rings is 1. The topological polar surface area (TPSA) is 69.0 Å². The zero-order valence-electron chi connectivity index (χ0n) is 16.8. The predicted molar refractivity (Wildman–Crippen MR) is 119 cm³/mol. The third-order valence-corrected chi connectivity index (χ3v) is 6.55. The van der Waals surface area contributed by atoms with Gasteiger partial charge < -0.3 is 10.1 Å². The molecule has 2 aromatic heterocycles.